The number of aryl methyl sites for hydroxylation is 1. The molecule has 1 amide bonds. The maximum Gasteiger partial charge on any atom is 0.337 e. The van der Waals surface area contributed by atoms with Crippen molar-refractivity contribution in [2.75, 3.05) is 7.05 Å². The van der Waals surface area contributed by atoms with Gasteiger partial charge in [-0.15, -0.1) is 11.3 Å². The van der Waals surface area contributed by atoms with Gasteiger partial charge in [-0.1, -0.05) is 6.42 Å². The second-order valence-electron chi connectivity index (χ2n) is 4.15. The van der Waals surface area contributed by atoms with Crippen molar-refractivity contribution in [3.63, 3.8) is 0 Å². The Balaban J connectivity index is 2.54. The smallest absolute Gasteiger partial charge is 0.337 e. The van der Waals surface area contributed by atoms with E-state index < -0.39 is 5.97 Å². The Hall–Kier alpha value is -1.36. The molecule has 0 fully saturated rings. The van der Waals surface area contributed by atoms with E-state index in [9.17, 15) is 14.7 Å². The second-order valence-corrected chi connectivity index (χ2v) is 5.26. The molecule has 1 aliphatic carbocycles. The van der Waals surface area contributed by atoms with Crippen LogP contribution in [0, 0.1) is 0 Å². The van der Waals surface area contributed by atoms with Gasteiger partial charge in [0.15, 0.2) is 0 Å². The van der Waals surface area contributed by atoms with Crippen molar-refractivity contribution in [1.82, 2.24) is 5.32 Å². The van der Waals surface area contributed by atoms with Crippen LogP contribution < -0.4 is 5.32 Å². The number of thiophene rings is 1. The van der Waals surface area contributed by atoms with Crippen molar-refractivity contribution in [3.8, 4) is 0 Å². The summed E-state index contributed by atoms with van der Waals surface area (Å²) in [6, 6.07) is 0. The van der Waals surface area contributed by atoms with Gasteiger partial charge in [-0.3, -0.25) is 4.79 Å². The Labute approximate surface area is 104 Å². The molecule has 1 aromatic rings. The average molecular weight is 253 g/mol. The molecule has 0 atom stereocenters. The Morgan fingerprint density at radius 2 is 1.94 bits per heavy atom. The molecule has 1 heterocycles. The lowest BCUT2D eigenvalue weighted by Gasteiger charge is -2.01. The van der Waals surface area contributed by atoms with Crippen LogP contribution in [0.3, 0.4) is 0 Å². The predicted molar refractivity (Wildman–Crippen MR) is 65.9 cm³/mol. The van der Waals surface area contributed by atoms with E-state index in [2.05, 4.69) is 5.32 Å². The summed E-state index contributed by atoms with van der Waals surface area (Å²) in [4.78, 5) is 24.4. The molecule has 0 spiro atoms. The largest absolute Gasteiger partial charge is 0.478 e. The fourth-order valence-corrected chi connectivity index (χ4v) is 3.57. The van der Waals surface area contributed by atoms with Gasteiger partial charge in [0.2, 0.25) is 0 Å². The molecule has 2 N–H and O–H groups in total. The summed E-state index contributed by atoms with van der Waals surface area (Å²) in [6.07, 6.45) is 4.91. The molecule has 0 aromatic carbocycles. The van der Waals surface area contributed by atoms with Crippen LogP contribution in [0.5, 0.6) is 0 Å². The number of amides is 1. The second kappa shape index (κ2) is 4.87. The number of carbonyl (C=O) groups is 2. The van der Waals surface area contributed by atoms with Gasteiger partial charge in [-0.25, -0.2) is 4.79 Å². The number of hydrogen-bond donors (Lipinski definition) is 2. The third kappa shape index (κ3) is 2.20. The predicted octanol–water partition coefficient (Wildman–Crippen LogP) is 2.07. The highest BCUT2D eigenvalue weighted by Gasteiger charge is 2.27. The first-order chi connectivity index (χ1) is 8.15. The molecule has 0 radical (unpaired) electrons. The number of aromatic carboxylic acids is 1. The minimum Gasteiger partial charge on any atom is -0.478 e. The molecule has 92 valence electrons. The van der Waals surface area contributed by atoms with Crippen LogP contribution in [-0.2, 0) is 12.8 Å². The third-order valence-electron chi connectivity index (χ3n) is 3.07. The van der Waals surface area contributed by atoms with E-state index in [0.717, 1.165) is 42.5 Å². The zero-order valence-electron chi connectivity index (χ0n) is 9.71. The lowest BCUT2D eigenvalue weighted by Crippen LogP contribution is -2.19. The van der Waals surface area contributed by atoms with E-state index in [4.69, 9.17) is 0 Å². The van der Waals surface area contributed by atoms with Crippen molar-refractivity contribution in [3.05, 3.63) is 20.9 Å². The molecule has 0 unspecified atom stereocenters. The minimum atomic E-state index is -0.983. The Morgan fingerprint density at radius 1 is 1.24 bits per heavy atom. The van der Waals surface area contributed by atoms with E-state index >= 15 is 0 Å². The SMILES string of the molecule is CNC(=O)c1sc2c(c1C(=O)O)CCCCC2. The summed E-state index contributed by atoms with van der Waals surface area (Å²) in [6.45, 7) is 0. The van der Waals surface area contributed by atoms with Crippen molar-refractivity contribution in [2.24, 2.45) is 0 Å². The molecule has 2 rings (SSSR count). The normalized spacial score (nSPS) is 14.9. The van der Waals surface area contributed by atoms with Crippen LogP contribution in [0.4, 0.5) is 0 Å². The first-order valence-corrected chi connectivity index (χ1v) is 6.56. The van der Waals surface area contributed by atoms with Crippen molar-refractivity contribution < 1.29 is 14.7 Å². The maximum absolute atomic E-state index is 11.7. The van der Waals surface area contributed by atoms with E-state index in [-0.39, 0.29) is 11.5 Å². The van der Waals surface area contributed by atoms with Crippen LogP contribution in [0.25, 0.3) is 0 Å². The van der Waals surface area contributed by atoms with Gasteiger partial charge in [0, 0.05) is 11.9 Å². The van der Waals surface area contributed by atoms with Gasteiger partial charge in [-0.2, -0.15) is 0 Å². The van der Waals surface area contributed by atoms with Gasteiger partial charge >= 0.3 is 5.97 Å². The van der Waals surface area contributed by atoms with Gasteiger partial charge in [-0.05, 0) is 31.2 Å². The van der Waals surface area contributed by atoms with Crippen molar-refractivity contribution in [2.45, 2.75) is 32.1 Å². The van der Waals surface area contributed by atoms with Crippen LogP contribution in [0.2, 0.25) is 0 Å². The molecule has 0 bridgehead atoms. The monoisotopic (exact) mass is 253 g/mol. The molecule has 17 heavy (non-hydrogen) atoms. The fourth-order valence-electron chi connectivity index (χ4n) is 2.24. The van der Waals surface area contributed by atoms with E-state index in [1.54, 1.807) is 0 Å². The topological polar surface area (TPSA) is 66.4 Å². The molecule has 4 nitrogen and oxygen atoms in total. The molecule has 1 aliphatic rings. The minimum absolute atomic E-state index is 0.228. The lowest BCUT2D eigenvalue weighted by atomic mass is 10.0. The summed E-state index contributed by atoms with van der Waals surface area (Å²) in [5.41, 5.74) is 1.12. The molecule has 5 heteroatoms. The van der Waals surface area contributed by atoms with E-state index in [1.807, 2.05) is 0 Å². The summed E-state index contributed by atoms with van der Waals surface area (Å²) in [5, 5.41) is 11.8. The fraction of sp³-hybridized carbons (Fsp3) is 0.500. The average Bonchev–Trinajstić information content (AvgIpc) is 2.52. The highest BCUT2D eigenvalue weighted by Crippen LogP contribution is 2.33. The standard InChI is InChI=1S/C12H15NO3S/c1-13-11(14)10-9(12(15)16)7-5-3-2-4-6-8(7)17-10/h2-6H2,1H3,(H,13,14)(H,15,16). The van der Waals surface area contributed by atoms with Crippen LogP contribution in [-0.4, -0.2) is 24.0 Å². The van der Waals surface area contributed by atoms with Gasteiger partial charge < -0.3 is 10.4 Å². The Bertz CT molecular complexity index is 465. The Kier molecular flexibility index (Phi) is 3.47. The Morgan fingerprint density at radius 3 is 2.59 bits per heavy atom. The van der Waals surface area contributed by atoms with Gasteiger partial charge in [0.05, 0.1) is 5.56 Å². The third-order valence-corrected chi connectivity index (χ3v) is 4.36. The molecule has 0 saturated carbocycles. The van der Waals surface area contributed by atoms with Crippen LogP contribution >= 0.6 is 11.3 Å². The van der Waals surface area contributed by atoms with Crippen molar-refractivity contribution in [1.29, 1.82) is 0 Å². The maximum atomic E-state index is 11.7. The van der Waals surface area contributed by atoms with E-state index in [0.29, 0.717) is 4.88 Å². The molecule has 0 aliphatic heterocycles. The number of carbonyl (C=O) groups excluding carboxylic acids is 1. The summed E-state index contributed by atoms with van der Waals surface area (Å²) < 4.78 is 0. The van der Waals surface area contributed by atoms with Crippen molar-refractivity contribution >= 4 is 23.2 Å². The lowest BCUT2D eigenvalue weighted by molar-refractivity contribution is 0.0691. The highest BCUT2D eigenvalue weighted by molar-refractivity contribution is 7.14. The number of carboxylic acids is 1. The summed E-state index contributed by atoms with van der Waals surface area (Å²) in [5.74, 6) is -1.27. The summed E-state index contributed by atoms with van der Waals surface area (Å²) >= 11 is 1.34. The zero-order valence-corrected chi connectivity index (χ0v) is 10.5. The first-order valence-electron chi connectivity index (χ1n) is 5.75. The summed E-state index contributed by atoms with van der Waals surface area (Å²) in [7, 11) is 1.53. The highest BCUT2D eigenvalue weighted by atomic mass is 32.1. The molecular formula is C12H15NO3S. The molecular weight excluding hydrogens is 238 g/mol. The van der Waals surface area contributed by atoms with Crippen LogP contribution in [0.1, 0.15) is 49.7 Å². The molecule has 1 aromatic heterocycles. The number of fused-ring (bicyclic) bond motifs is 1. The van der Waals surface area contributed by atoms with Crippen LogP contribution in [0.15, 0.2) is 0 Å². The number of carboxylic acid groups (broad SMARTS) is 1. The van der Waals surface area contributed by atoms with Gasteiger partial charge in [0.25, 0.3) is 5.91 Å². The van der Waals surface area contributed by atoms with Gasteiger partial charge in [0.1, 0.15) is 4.88 Å². The first kappa shape index (κ1) is 12.1. The number of nitrogens with one attached hydrogen (secondary N) is 1. The zero-order chi connectivity index (χ0) is 12.4. The quantitative estimate of drug-likeness (QED) is 0.793. The molecule has 0 saturated heterocycles. The number of rotatable bonds is 2. The van der Waals surface area contributed by atoms with E-state index in [1.165, 1.54) is 18.4 Å². The number of hydrogen-bond acceptors (Lipinski definition) is 3.